The number of halogens is 3. The molecule has 0 radical (unpaired) electrons. The van der Waals surface area contributed by atoms with Crippen molar-refractivity contribution in [3.8, 4) is 6.07 Å². The van der Waals surface area contributed by atoms with Crippen LogP contribution in [0.2, 0.25) is 0 Å². The van der Waals surface area contributed by atoms with E-state index in [0.717, 1.165) is 11.8 Å². The Balaban J connectivity index is 1.94. The molecule has 8 heteroatoms. The molecule has 0 saturated carbocycles. The maximum absolute atomic E-state index is 13.4. The van der Waals surface area contributed by atoms with E-state index in [0.29, 0.717) is 5.69 Å². The normalized spacial score (nSPS) is 11.6. The minimum absolute atomic E-state index is 0.00319. The summed E-state index contributed by atoms with van der Waals surface area (Å²) in [5.41, 5.74) is 1.15. The lowest BCUT2D eigenvalue weighted by Gasteiger charge is -2.19. The number of aromatic nitrogens is 2. The van der Waals surface area contributed by atoms with Gasteiger partial charge in [-0.3, -0.25) is 0 Å². The Morgan fingerprint density at radius 3 is 2.20 bits per heavy atom. The van der Waals surface area contributed by atoms with Crippen LogP contribution in [0.1, 0.15) is 37.5 Å². The monoisotopic (exact) mass is 411 g/mol. The van der Waals surface area contributed by atoms with Crippen LogP contribution in [0.4, 0.5) is 36.3 Å². The Morgan fingerprint density at radius 1 is 0.933 bits per heavy atom. The Bertz CT molecular complexity index is 1080. The summed E-state index contributed by atoms with van der Waals surface area (Å²) in [5, 5.41) is 14.7. The topological polar surface area (TPSA) is 73.6 Å². The molecule has 0 atom stereocenters. The first-order valence-corrected chi connectivity index (χ1v) is 9.16. The van der Waals surface area contributed by atoms with Gasteiger partial charge < -0.3 is 10.6 Å². The molecule has 0 spiro atoms. The van der Waals surface area contributed by atoms with Crippen molar-refractivity contribution >= 4 is 23.1 Å². The van der Waals surface area contributed by atoms with Gasteiger partial charge in [0.15, 0.2) is 0 Å². The number of alkyl halides is 3. The van der Waals surface area contributed by atoms with E-state index in [2.05, 4.69) is 41.4 Å². The van der Waals surface area contributed by atoms with Gasteiger partial charge in [0.05, 0.1) is 11.3 Å². The molecule has 0 saturated heterocycles. The van der Waals surface area contributed by atoms with E-state index in [-0.39, 0.29) is 22.6 Å². The Morgan fingerprint density at radius 2 is 1.60 bits per heavy atom. The fourth-order valence-corrected chi connectivity index (χ4v) is 2.74. The maximum Gasteiger partial charge on any atom is 0.421 e. The molecular weight excluding hydrogens is 391 g/mol. The van der Waals surface area contributed by atoms with Crippen LogP contribution < -0.4 is 10.6 Å². The first-order chi connectivity index (χ1) is 14.1. The number of hydrogen-bond acceptors (Lipinski definition) is 5. The molecule has 0 unspecified atom stereocenters. The van der Waals surface area contributed by atoms with Crippen LogP contribution in [0, 0.1) is 11.3 Å². The van der Waals surface area contributed by atoms with Crippen molar-refractivity contribution in [1.29, 1.82) is 5.26 Å². The van der Waals surface area contributed by atoms with Crippen molar-refractivity contribution in [3.63, 3.8) is 0 Å². The highest BCUT2D eigenvalue weighted by atomic mass is 19.4. The van der Waals surface area contributed by atoms with Crippen molar-refractivity contribution in [2.45, 2.75) is 32.4 Å². The van der Waals surface area contributed by atoms with Gasteiger partial charge >= 0.3 is 6.18 Å². The van der Waals surface area contributed by atoms with Crippen LogP contribution in [0.25, 0.3) is 0 Å². The highest BCUT2D eigenvalue weighted by molar-refractivity contribution is 5.67. The molecule has 5 nitrogen and oxygen atoms in total. The average Bonchev–Trinajstić information content (AvgIpc) is 2.67. The summed E-state index contributed by atoms with van der Waals surface area (Å²) < 4.78 is 40.3. The van der Waals surface area contributed by atoms with Gasteiger partial charge in [-0.2, -0.15) is 23.4 Å². The van der Waals surface area contributed by atoms with Gasteiger partial charge in [-0.1, -0.05) is 45.0 Å². The second kappa shape index (κ2) is 8.03. The predicted molar refractivity (Wildman–Crippen MR) is 110 cm³/mol. The Labute approximate surface area is 172 Å². The molecular formula is C22H20F3N5. The van der Waals surface area contributed by atoms with Gasteiger partial charge in [-0.15, -0.1) is 0 Å². The standard InChI is InChI=1S/C22H20F3N5/c1-21(2,3)15-8-10-16(11-9-15)28-20-27-13-17(22(23,24)25)19(30-20)29-18-7-5-4-6-14(18)12-26/h4-11,13H,1-3H3,(H2,27,28,29,30). The van der Waals surface area contributed by atoms with Crippen LogP contribution >= 0.6 is 0 Å². The van der Waals surface area contributed by atoms with Crippen LogP contribution in [0.15, 0.2) is 54.7 Å². The van der Waals surface area contributed by atoms with Gasteiger partial charge in [-0.05, 0) is 35.2 Å². The molecule has 1 aromatic heterocycles. The van der Waals surface area contributed by atoms with E-state index in [4.69, 9.17) is 0 Å². The van der Waals surface area contributed by atoms with Crippen molar-refractivity contribution in [2.75, 3.05) is 10.6 Å². The third-order valence-electron chi connectivity index (χ3n) is 4.40. The number of nitrogens with zero attached hydrogens (tertiary/aromatic N) is 3. The molecule has 2 N–H and O–H groups in total. The second-order valence-corrected chi connectivity index (χ2v) is 7.69. The molecule has 1 heterocycles. The molecule has 0 bridgehead atoms. The zero-order valence-electron chi connectivity index (χ0n) is 16.7. The number of benzene rings is 2. The highest BCUT2D eigenvalue weighted by Crippen LogP contribution is 2.36. The lowest BCUT2D eigenvalue weighted by molar-refractivity contribution is -0.137. The Kier molecular flexibility index (Phi) is 5.65. The van der Waals surface area contributed by atoms with Crippen molar-refractivity contribution < 1.29 is 13.2 Å². The average molecular weight is 411 g/mol. The SMILES string of the molecule is CC(C)(C)c1ccc(Nc2ncc(C(F)(F)F)c(Nc3ccccc3C#N)n2)cc1. The van der Waals surface area contributed by atoms with Gasteiger partial charge in [-0.25, -0.2) is 4.98 Å². The van der Waals surface area contributed by atoms with E-state index in [1.165, 1.54) is 12.1 Å². The molecule has 0 aliphatic heterocycles. The van der Waals surface area contributed by atoms with Crippen molar-refractivity contribution in [3.05, 3.63) is 71.4 Å². The fraction of sp³-hybridized carbons (Fsp3) is 0.227. The quantitative estimate of drug-likeness (QED) is 0.538. The molecule has 0 aliphatic carbocycles. The molecule has 0 aliphatic rings. The van der Waals surface area contributed by atoms with E-state index < -0.39 is 17.6 Å². The maximum atomic E-state index is 13.4. The smallest absolute Gasteiger partial charge is 0.338 e. The molecule has 0 amide bonds. The van der Waals surface area contributed by atoms with Crippen LogP contribution in [-0.2, 0) is 11.6 Å². The number of hydrogen-bond donors (Lipinski definition) is 2. The zero-order valence-corrected chi connectivity index (χ0v) is 16.7. The van der Waals surface area contributed by atoms with Gasteiger partial charge in [0.1, 0.15) is 17.5 Å². The fourth-order valence-electron chi connectivity index (χ4n) is 2.74. The molecule has 3 aromatic rings. The van der Waals surface area contributed by atoms with E-state index in [9.17, 15) is 18.4 Å². The lowest BCUT2D eigenvalue weighted by Crippen LogP contribution is -2.13. The minimum Gasteiger partial charge on any atom is -0.338 e. The summed E-state index contributed by atoms with van der Waals surface area (Å²) in [6.07, 6.45) is -3.94. The molecule has 2 aromatic carbocycles. The summed E-state index contributed by atoms with van der Waals surface area (Å²) in [4.78, 5) is 7.82. The van der Waals surface area contributed by atoms with Gasteiger partial charge in [0.2, 0.25) is 5.95 Å². The predicted octanol–water partition coefficient (Wildman–Crippen LogP) is 6.15. The minimum atomic E-state index is -4.66. The third kappa shape index (κ3) is 4.87. The van der Waals surface area contributed by atoms with Gasteiger partial charge in [0.25, 0.3) is 0 Å². The molecule has 30 heavy (non-hydrogen) atoms. The molecule has 154 valence electrons. The second-order valence-electron chi connectivity index (χ2n) is 7.69. The number of rotatable bonds is 4. The zero-order chi connectivity index (χ0) is 21.9. The van der Waals surface area contributed by atoms with Crippen molar-refractivity contribution in [1.82, 2.24) is 9.97 Å². The molecule has 3 rings (SSSR count). The number of nitriles is 1. The highest BCUT2D eigenvalue weighted by Gasteiger charge is 2.35. The summed E-state index contributed by atoms with van der Waals surface area (Å²) in [6.45, 7) is 6.27. The summed E-state index contributed by atoms with van der Waals surface area (Å²) in [5.74, 6) is -0.433. The van der Waals surface area contributed by atoms with Crippen molar-refractivity contribution in [2.24, 2.45) is 0 Å². The number of anilines is 4. The van der Waals surface area contributed by atoms with Gasteiger partial charge in [0, 0.05) is 11.9 Å². The van der Waals surface area contributed by atoms with Crippen LogP contribution in [0.3, 0.4) is 0 Å². The van der Waals surface area contributed by atoms with E-state index in [1.807, 2.05) is 30.3 Å². The first-order valence-electron chi connectivity index (χ1n) is 9.16. The first kappa shape index (κ1) is 21.1. The summed E-state index contributed by atoms with van der Waals surface area (Å²) >= 11 is 0. The number of nitrogens with one attached hydrogen (secondary N) is 2. The van der Waals surface area contributed by atoms with Crippen LogP contribution in [0.5, 0.6) is 0 Å². The lowest BCUT2D eigenvalue weighted by atomic mass is 9.87. The third-order valence-corrected chi connectivity index (χ3v) is 4.40. The molecule has 0 fully saturated rings. The summed E-state index contributed by atoms with van der Waals surface area (Å²) in [6, 6.07) is 15.7. The van der Waals surface area contributed by atoms with E-state index >= 15 is 0 Å². The van der Waals surface area contributed by atoms with E-state index in [1.54, 1.807) is 12.1 Å². The Hall–Kier alpha value is -3.60. The van der Waals surface area contributed by atoms with Crippen LogP contribution in [-0.4, -0.2) is 9.97 Å². The largest absolute Gasteiger partial charge is 0.421 e. The number of para-hydroxylation sites is 1. The summed E-state index contributed by atoms with van der Waals surface area (Å²) in [7, 11) is 0.